The normalized spacial score (nSPS) is 22.5. The molecule has 2 aliphatic rings. The number of ether oxygens (including phenoxy) is 1. The molecule has 2 aromatic carbocycles. The van der Waals surface area contributed by atoms with Crippen molar-refractivity contribution in [2.24, 2.45) is 0 Å². The number of carbonyl (C=O) groups excluding carboxylic acids is 2. The number of amides is 2. The second kappa shape index (κ2) is 6.00. The van der Waals surface area contributed by atoms with E-state index < -0.39 is 18.2 Å². The van der Waals surface area contributed by atoms with Crippen molar-refractivity contribution in [1.82, 2.24) is 10.2 Å². The average Bonchev–Trinajstić information content (AvgIpc) is 3.03. The Morgan fingerprint density at radius 2 is 1.75 bits per heavy atom. The summed E-state index contributed by atoms with van der Waals surface area (Å²) in [6.45, 7) is 1.23. The zero-order valence-electron chi connectivity index (χ0n) is 13.1. The Balaban J connectivity index is 1.56. The fourth-order valence-electron chi connectivity index (χ4n) is 3.40. The molecule has 2 atom stereocenters. The third-order valence-electron chi connectivity index (χ3n) is 4.65. The third kappa shape index (κ3) is 2.62. The fourth-order valence-corrected chi connectivity index (χ4v) is 3.40. The van der Waals surface area contributed by atoms with Gasteiger partial charge in [-0.3, -0.25) is 4.79 Å². The van der Waals surface area contributed by atoms with Crippen LogP contribution in [-0.2, 0) is 22.5 Å². The Kier molecular flexibility index (Phi) is 3.69. The minimum atomic E-state index is -0.676. The molecule has 5 nitrogen and oxygen atoms in total. The number of nitrogens with zero attached hydrogens (tertiary/aromatic N) is 1. The molecular formula is C19H18N2O3. The number of nitrogens with one attached hydrogen (secondary N) is 1. The molecule has 2 aliphatic heterocycles. The van der Waals surface area contributed by atoms with Crippen LogP contribution in [0, 0.1) is 0 Å². The molecule has 2 heterocycles. The number of alkyl carbamates (subject to hydrolysis) is 1. The van der Waals surface area contributed by atoms with Crippen molar-refractivity contribution in [3.8, 4) is 0 Å². The molecule has 4 rings (SSSR count). The summed E-state index contributed by atoms with van der Waals surface area (Å²) in [4.78, 5) is 26.5. The maximum Gasteiger partial charge on any atom is 0.408 e. The number of carbonyl (C=O) groups is 2. The first-order valence-electron chi connectivity index (χ1n) is 8.10. The van der Waals surface area contributed by atoms with Crippen molar-refractivity contribution in [2.45, 2.75) is 25.1 Å². The number of rotatable bonds is 2. The molecule has 0 spiro atoms. The first-order chi connectivity index (χ1) is 11.7. The van der Waals surface area contributed by atoms with Crippen molar-refractivity contribution in [1.29, 1.82) is 0 Å². The van der Waals surface area contributed by atoms with Crippen molar-refractivity contribution in [3.05, 3.63) is 71.3 Å². The summed E-state index contributed by atoms with van der Waals surface area (Å²) in [7, 11) is 0. The van der Waals surface area contributed by atoms with Crippen molar-refractivity contribution in [3.63, 3.8) is 0 Å². The summed E-state index contributed by atoms with van der Waals surface area (Å²) >= 11 is 0. The molecule has 0 radical (unpaired) electrons. The number of fused-ring (bicyclic) bond motifs is 1. The largest absolute Gasteiger partial charge is 0.439 e. The lowest BCUT2D eigenvalue weighted by Gasteiger charge is -2.31. The van der Waals surface area contributed by atoms with E-state index in [0.29, 0.717) is 13.1 Å². The van der Waals surface area contributed by atoms with Gasteiger partial charge in [-0.25, -0.2) is 4.79 Å². The summed E-state index contributed by atoms with van der Waals surface area (Å²) in [6, 6.07) is 16.9. The van der Waals surface area contributed by atoms with Crippen LogP contribution in [0.2, 0.25) is 0 Å². The highest BCUT2D eigenvalue weighted by atomic mass is 16.6. The molecule has 0 aliphatic carbocycles. The van der Waals surface area contributed by atoms with Crippen molar-refractivity contribution < 1.29 is 14.3 Å². The number of hydrogen-bond acceptors (Lipinski definition) is 3. The first-order valence-corrected chi connectivity index (χ1v) is 8.10. The zero-order chi connectivity index (χ0) is 16.5. The second-order valence-electron chi connectivity index (χ2n) is 6.14. The van der Waals surface area contributed by atoms with Crippen LogP contribution < -0.4 is 5.32 Å². The highest BCUT2D eigenvalue weighted by Crippen LogP contribution is 2.29. The van der Waals surface area contributed by atoms with E-state index >= 15 is 0 Å². The van der Waals surface area contributed by atoms with Gasteiger partial charge in [0.15, 0.2) is 12.1 Å². The minimum Gasteiger partial charge on any atom is -0.439 e. The highest BCUT2D eigenvalue weighted by Gasteiger charge is 2.42. The lowest BCUT2D eigenvalue weighted by molar-refractivity contribution is -0.135. The van der Waals surface area contributed by atoms with Crippen molar-refractivity contribution >= 4 is 12.0 Å². The van der Waals surface area contributed by atoms with Crippen LogP contribution in [0.25, 0.3) is 0 Å². The summed E-state index contributed by atoms with van der Waals surface area (Å²) < 4.78 is 5.34. The van der Waals surface area contributed by atoms with Crippen LogP contribution in [0.5, 0.6) is 0 Å². The third-order valence-corrected chi connectivity index (χ3v) is 4.65. The van der Waals surface area contributed by atoms with Crippen LogP contribution in [0.3, 0.4) is 0 Å². The molecule has 2 amide bonds. The number of hydrogen-bond donors (Lipinski definition) is 1. The van der Waals surface area contributed by atoms with Crippen LogP contribution in [0.15, 0.2) is 54.6 Å². The lowest BCUT2D eigenvalue weighted by Crippen LogP contribution is -2.48. The van der Waals surface area contributed by atoms with Gasteiger partial charge in [-0.2, -0.15) is 0 Å². The molecule has 2 aromatic rings. The fraction of sp³-hybridized carbons (Fsp3) is 0.263. The maximum absolute atomic E-state index is 13.0. The Labute approximate surface area is 140 Å². The van der Waals surface area contributed by atoms with Crippen LogP contribution in [-0.4, -0.2) is 29.5 Å². The van der Waals surface area contributed by atoms with Gasteiger partial charge in [0.05, 0.1) is 0 Å². The lowest BCUT2D eigenvalue weighted by atomic mass is 9.97. The molecular weight excluding hydrogens is 304 g/mol. The van der Waals surface area contributed by atoms with E-state index in [1.54, 1.807) is 4.90 Å². The number of benzene rings is 2. The summed E-state index contributed by atoms with van der Waals surface area (Å²) in [5, 5.41) is 2.67. The monoisotopic (exact) mass is 322 g/mol. The van der Waals surface area contributed by atoms with Gasteiger partial charge < -0.3 is 15.0 Å². The SMILES string of the molecule is O=C1NC(C(=O)N2CCc3ccccc3C2)C(c2ccccc2)O1. The molecule has 1 fully saturated rings. The molecule has 1 N–H and O–H groups in total. The highest BCUT2D eigenvalue weighted by molar-refractivity contribution is 5.89. The Morgan fingerprint density at radius 3 is 2.54 bits per heavy atom. The van der Waals surface area contributed by atoms with E-state index in [4.69, 9.17) is 4.74 Å². The van der Waals surface area contributed by atoms with Gasteiger partial charge in [-0.15, -0.1) is 0 Å². The van der Waals surface area contributed by atoms with Gasteiger partial charge >= 0.3 is 6.09 Å². The first kappa shape index (κ1) is 14.8. The standard InChI is InChI=1S/C19H18N2O3/c22-18(21-11-10-13-6-4-5-9-15(13)12-21)16-17(24-19(23)20-16)14-7-2-1-3-8-14/h1-9,16-17H,10-12H2,(H,20,23). The quantitative estimate of drug-likeness (QED) is 0.924. The molecule has 1 saturated heterocycles. The smallest absolute Gasteiger partial charge is 0.408 e. The van der Waals surface area contributed by atoms with Crippen molar-refractivity contribution in [2.75, 3.05) is 6.54 Å². The summed E-state index contributed by atoms with van der Waals surface area (Å²) in [5.74, 6) is -0.0933. The average molecular weight is 322 g/mol. The van der Waals surface area contributed by atoms with E-state index in [2.05, 4.69) is 11.4 Å². The van der Waals surface area contributed by atoms with Crippen LogP contribution in [0.4, 0.5) is 4.79 Å². The molecule has 122 valence electrons. The van der Waals surface area contributed by atoms with Gasteiger partial charge in [0.25, 0.3) is 0 Å². The van der Waals surface area contributed by atoms with E-state index in [1.165, 1.54) is 11.1 Å². The van der Waals surface area contributed by atoms with E-state index in [9.17, 15) is 9.59 Å². The maximum atomic E-state index is 13.0. The van der Waals surface area contributed by atoms with E-state index in [-0.39, 0.29) is 5.91 Å². The van der Waals surface area contributed by atoms with Crippen LogP contribution in [0.1, 0.15) is 22.8 Å². The molecule has 24 heavy (non-hydrogen) atoms. The predicted molar refractivity (Wildman–Crippen MR) is 88.2 cm³/mol. The second-order valence-corrected chi connectivity index (χ2v) is 6.14. The van der Waals surface area contributed by atoms with Gasteiger partial charge in [-0.05, 0) is 23.1 Å². The summed E-state index contributed by atoms with van der Waals surface area (Å²) in [5.41, 5.74) is 3.28. The Hall–Kier alpha value is -2.82. The topological polar surface area (TPSA) is 58.6 Å². The van der Waals surface area contributed by atoms with Gasteiger partial charge in [0, 0.05) is 13.1 Å². The predicted octanol–water partition coefficient (Wildman–Crippen LogP) is 2.42. The molecule has 2 unspecified atom stereocenters. The van der Waals surface area contributed by atoms with E-state index in [1.807, 2.05) is 48.5 Å². The minimum absolute atomic E-state index is 0.0933. The molecule has 0 bridgehead atoms. The van der Waals surface area contributed by atoms with Gasteiger partial charge in [0.1, 0.15) is 0 Å². The molecule has 0 aromatic heterocycles. The number of cyclic esters (lactones) is 1. The zero-order valence-corrected chi connectivity index (χ0v) is 13.1. The van der Waals surface area contributed by atoms with Gasteiger partial charge in [0.2, 0.25) is 5.91 Å². The summed E-state index contributed by atoms with van der Waals surface area (Å²) in [6.07, 6.45) is -0.289. The Morgan fingerprint density at radius 1 is 1.04 bits per heavy atom. The van der Waals surface area contributed by atoms with Gasteiger partial charge in [-0.1, -0.05) is 54.6 Å². The van der Waals surface area contributed by atoms with Crippen LogP contribution >= 0.6 is 0 Å². The van der Waals surface area contributed by atoms with E-state index in [0.717, 1.165) is 12.0 Å². The molecule has 0 saturated carbocycles. The molecule has 5 heteroatoms. The Bertz CT molecular complexity index is 775.